The van der Waals surface area contributed by atoms with Gasteiger partial charge in [-0.2, -0.15) is 5.26 Å². The van der Waals surface area contributed by atoms with Crippen molar-refractivity contribution in [1.29, 1.82) is 5.26 Å². The fourth-order valence-electron chi connectivity index (χ4n) is 6.12. The Kier molecular flexibility index (Phi) is 3.07. The number of hydrogen-bond acceptors (Lipinski definition) is 2. The zero-order valence-corrected chi connectivity index (χ0v) is 11.9. The Morgan fingerprint density at radius 2 is 1.53 bits per heavy atom. The molecule has 1 atom stereocenters. The van der Waals surface area contributed by atoms with Crippen molar-refractivity contribution < 1.29 is 0 Å². The van der Waals surface area contributed by atoms with E-state index in [4.69, 9.17) is 0 Å². The second-order valence-corrected chi connectivity index (χ2v) is 7.75. The molecular weight excluding hydrogens is 232 g/mol. The van der Waals surface area contributed by atoms with E-state index < -0.39 is 0 Å². The molecule has 1 aliphatic heterocycles. The van der Waals surface area contributed by atoms with Gasteiger partial charge in [-0.3, -0.25) is 0 Å². The normalized spacial score (nSPS) is 46.4. The molecule has 0 aromatic rings. The van der Waals surface area contributed by atoms with E-state index in [1.165, 1.54) is 58.0 Å². The van der Waals surface area contributed by atoms with Gasteiger partial charge in [-0.25, -0.2) is 0 Å². The smallest absolute Gasteiger partial charge is 0.0672 e. The molecule has 4 bridgehead atoms. The lowest BCUT2D eigenvalue weighted by Gasteiger charge is -2.55. The molecule has 4 aliphatic carbocycles. The molecule has 0 aromatic carbocycles. The van der Waals surface area contributed by atoms with Gasteiger partial charge in [0.05, 0.1) is 12.0 Å². The maximum atomic E-state index is 9.69. The van der Waals surface area contributed by atoms with Crippen LogP contribution in [0, 0.1) is 46.8 Å². The van der Waals surface area contributed by atoms with Crippen molar-refractivity contribution in [2.75, 3.05) is 19.6 Å². The van der Waals surface area contributed by atoms with Gasteiger partial charge in [0, 0.05) is 6.54 Å². The molecule has 2 nitrogen and oxygen atoms in total. The van der Waals surface area contributed by atoms with Crippen LogP contribution < -0.4 is 0 Å². The summed E-state index contributed by atoms with van der Waals surface area (Å²) in [5.74, 6) is 4.95. The fourth-order valence-corrected chi connectivity index (χ4v) is 6.12. The van der Waals surface area contributed by atoms with Crippen molar-refractivity contribution in [1.82, 2.24) is 4.90 Å². The Morgan fingerprint density at radius 3 is 2.05 bits per heavy atom. The monoisotopic (exact) mass is 258 g/mol. The summed E-state index contributed by atoms with van der Waals surface area (Å²) in [5, 5.41) is 9.69. The highest BCUT2D eigenvalue weighted by Crippen LogP contribution is 2.58. The number of nitrogens with zero attached hydrogens (tertiary/aromatic N) is 2. The molecule has 0 N–H and O–H groups in total. The maximum Gasteiger partial charge on any atom is 0.0672 e. The minimum Gasteiger partial charge on any atom is -0.302 e. The van der Waals surface area contributed by atoms with Crippen LogP contribution in [0.25, 0.3) is 0 Å². The molecule has 5 rings (SSSR count). The lowest BCUT2D eigenvalue weighted by Crippen LogP contribution is -2.49. The first kappa shape index (κ1) is 12.2. The third-order valence-corrected chi connectivity index (χ3v) is 6.58. The van der Waals surface area contributed by atoms with E-state index in [1.54, 1.807) is 0 Å². The van der Waals surface area contributed by atoms with Gasteiger partial charge in [0.2, 0.25) is 0 Å². The summed E-state index contributed by atoms with van der Waals surface area (Å²) in [6, 6.07) is 2.72. The van der Waals surface area contributed by atoms with Crippen LogP contribution in [0.2, 0.25) is 0 Å². The first-order valence-corrected chi connectivity index (χ1v) is 8.45. The van der Waals surface area contributed by atoms with Crippen LogP contribution in [-0.4, -0.2) is 24.5 Å². The zero-order valence-electron chi connectivity index (χ0n) is 11.9. The van der Waals surface area contributed by atoms with Gasteiger partial charge in [-0.05, 0) is 87.6 Å². The van der Waals surface area contributed by atoms with E-state index in [0.717, 1.165) is 36.1 Å². The van der Waals surface area contributed by atoms with Gasteiger partial charge in [-0.15, -0.1) is 0 Å². The predicted octanol–water partition coefficient (Wildman–Crippen LogP) is 3.29. The van der Waals surface area contributed by atoms with Crippen LogP contribution in [0.3, 0.4) is 0 Å². The number of nitriles is 1. The molecule has 5 aliphatic rings. The van der Waals surface area contributed by atoms with E-state index in [1.807, 2.05) is 0 Å². The predicted molar refractivity (Wildman–Crippen MR) is 75.3 cm³/mol. The standard InChI is InChI=1S/C17H26N2/c18-10-16(11-19-3-1-2-4-19)17-14-6-12-5-13(8-14)9-15(17)7-12/h12-17H,1-9,11H2. The van der Waals surface area contributed by atoms with Crippen LogP contribution in [0.4, 0.5) is 0 Å². The second-order valence-electron chi connectivity index (χ2n) is 7.75. The fraction of sp³-hybridized carbons (Fsp3) is 0.941. The average Bonchev–Trinajstić information content (AvgIpc) is 2.89. The van der Waals surface area contributed by atoms with Gasteiger partial charge in [0.15, 0.2) is 0 Å². The Hall–Kier alpha value is -0.550. The van der Waals surface area contributed by atoms with E-state index in [9.17, 15) is 5.26 Å². The molecule has 19 heavy (non-hydrogen) atoms. The van der Waals surface area contributed by atoms with Gasteiger partial charge in [0.1, 0.15) is 0 Å². The molecule has 0 spiro atoms. The van der Waals surface area contributed by atoms with E-state index >= 15 is 0 Å². The highest BCUT2D eigenvalue weighted by molar-refractivity contribution is 5.04. The molecule has 2 heteroatoms. The maximum absolute atomic E-state index is 9.69. The Morgan fingerprint density at radius 1 is 0.947 bits per heavy atom. The van der Waals surface area contributed by atoms with Crippen LogP contribution in [0.5, 0.6) is 0 Å². The van der Waals surface area contributed by atoms with E-state index in [-0.39, 0.29) is 0 Å². The van der Waals surface area contributed by atoms with Crippen molar-refractivity contribution in [3.63, 3.8) is 0 Å². The quantitative estimate of drug-likeness (QED) is 0.776. The van der Waals surface area contributed by atoms with E-state index in [0.29, 0.717) is 5.92 Å². The summed E-state index contributed by atoms with van der Waals surface area (Å²) in [6.45, 7) is 3.56. The van der Waals surface area contributed by atoms with Crippen LogP contribution in [0.15, 0.2) is 0 Å². The third kappa shape index (κ3) is 2.11. The minimum absolute atomic E-state index is 0.327. The zero-order chi connectivity index (χ0) is 12.8. The molecule has 1 heterocycles. The van der Waals surface area contributed by atoms with Gasteiger partial charge >= 0.3 is 0 Å². The molecular formula is C17H26N2. The van der Waals surface area contributed by atoms with Crippen molar-refractivity contribution >= 4 is 0 Å². The highest BCUT2D eigenvalue weighted by atomic mass is 15.1. The molecule has 104 valence electrons. The van der Waals surface area contributed by atoms with Gasteiger partial charge < -0.3 is 4.90 Å². The second kappa shape index (κ2) is 4.77. The molecule has 0 amide bonds. The van der Waals surface area contributed by atoms with Crippen molar-refractivity contribution in [2.45, 2.75) is 44.9 Å². The molecule has 5 fully saturated rings. The van der Waals surface area contributed by atoms with Gasteiger partial charge in [-0.1, -0.05) is 0 Å². The summed E-state index contributed by atoms with van der Waals surface area (Å²) in [4.78, 5) is 2.55. The number of rotatable bonds is 3. The summed E-state index contributed by atoms with van der Waals surface area (Å²) in [5.41, 5.74) is 0. The summed E-state index contributed by atoms with van der Waals surface area (Å²) in [7, 11) is 0. The first-order valence-electron chi connectivity index (χ1n) is 8.45. The van der Waals surface area contributed by atoms with E-state index in [2.05, 4.69) is 11.0 Å². The Bertz CT molecular complexity index is 349. The van der Waals surface area contributed by atoms with Crippen LogP contribution in [-0.2, 0) is 0 Å². The number of likely N-dealkylation sites (tertiary alicyclic amines) is 1. The Balaban J connectivity index is 1.49. The van der Waals surface area contributed by atoms with Crippen LogP contribution in [0.1, 0.15) is 44.9 Å². The molecule has 1 unspecified atom stereocenters. The summed E-state index contributed by atoms with van der Waals surface area (Å²) in [6.07, 6.45) is 10.0. The van der Waals surface area contributed by atoms with Crippen molar-refractivity contribution in [3.8, 4) is 6.07 Å². The Labute approximate surface area is 117 Å². The SMILES string of the molecule is N#CC(CN1CCCC1)C1C2CC3CC(C2)CC1C3. The van der Waals surface area contributed by atoms with Crippen molar-refractivity contribution in [3.05, 3.63) is 0 Å². The molecule has 4 saturated carbocycles. The number of hydrogen-bond donors (Lipinski definition) is 0. The highest BCUT2D eigenvalue weighted by Gasteiger charge is 2.50. The lowest BCUT2D eigenvalue weighted by molar-refractivity contribution is -0.0557. The van der Waals surface area contributed by atoms with Crippen LogP contribution >= 0.6 is 0 Å². The largest absolute Gasteiger partial charge is 0.302 e. The molecule has 0 radical (unpaired) electrons. The first-order chi connectivity index (χ1) is 9.33. The van der Waals surface area contributed by atoms with Crippen molar-refractivity contribution in [2.24, 2.45) is 35.5 Å². The summed E-state index contributed by atoms with van der Waals surface area (Å²) >= 11 is 0. The topological polar surface area (TPSA) is 27.0 Å². The summed E-state index contributed by atoms with van der Waals surface area (Å²) < 4.78 is 0. The molecule has 1 saturated heterocycles. The van der Waals surface area contributed by atoms with Gasteiger partial charge in [0.25, 0.3) is 0 Å². The molecule has 0 aromatic heterocycles. The lowest BCUT2D eigenvalue weighted by atomic mass is 9.49. The minimum atomic E-state index is 0.327. The average molecular weight is 258 g/mol. The third-order valence-electron chi connectivity index (χ3n) is 6.58.